The third kappa shape index (κ3) is 2.44. The minimum atomic E-state index is -3.94. The van der Waals surface area contributed by atoms with Crippen LogP contribution >= 0.6 is 0 Å². The largest absolute Gasteiger partial charge is 0.288 e. The number of carbonyl (C=O) groups excluding carboxylic acids is 2. The summed E-state index contributed by atoms with van der Waals surface area (Å²) >= 11 is 0. The fourth-order valence-electron chi connectivity index (χ4n) is 3.20. The Morgan fingerprint density at radius 2 is 1.00 bits per heavy atom. The van der Waals surface area contributed by atoms with Crippen LogP contribution in [0.2, 0.25) is 0 Å². The number of ketones is 2. The average molecular weight is 400 g/mol. The SMILES string of the molecule is O=C1/C(=C/C/C=C2/C(=O)c3ccccc3S2(=O)=O)S(=O)(=O)c2ccccc21. The smallest absolute Gasteiger partial charge is 0.210 e. The standard InChI is InChI=1S/C19H12O6S2/c20-18-12-6-1-3-8-14(12)26(22,23)16(18)10-5-11-17-19(21)13-7-2-4-9-15(13)27(17,24)25/h1-4,6-11H,5H2/b16-10-,17-11-. The lowest BCUT2D eigenvalue weighted by Crippen LogP contribution is -2.04. The van der Waals surface area contributed by atoms with Gasteiger partial charge < -0.3 is 0 Å². The predicted octanol–water partition coefficient (Wildman–Crippen LogP) is 2.48. The van der Waals surface area contributed by atoms with E-state index < -0.39 is 41.1 Å². The van der Waals surface area contributed by atoms with E-state index >= 15 is 0 Å². The highest BCUT2D eigenvalue weighted by Gasteiger charge is 2.40. The first kappa shape index (κ1) is 17.6. The second kappa shape index (κ2) is 5.83. The molecule has 136 valence electrons. The molecular weight excluding hydrogens is 388 g/mol. The summed E-state index contributed by atoms with van der Waals surface area (Å²) in [5, 5.41) is 0. The van der Waals surface area contributed by atoms with E-state index in [9.17, 15) is 26.4 Å². The molecule has 6 nitrogen and oxygen atoms in total. The van der Waals surface area contributed by atoms with E-state index in [1.54, 1.807) is 12.1 Å². The van der Waals surface area contributed by atoms with Crippen LogP contribution in [0.4, 0.5) is 0 Å². The zero-order valence-corrected chi connectivity index (χ0v) is 15.4. The summed E-state index contributed by atoms with van der Waals surface area (Å²) in [5.74, 6) is -1.26. The second-order valence-corrected chi connectivity index (χ2v) is 9.80. The molecule has 0 aliphatic carbocycles. The summed E-state index contributed by atoms with van der Waals surface area (Å²) in [6, 6.07) is 11.7. The third-order valence-corrected chi connectivity index (χ3v) is 8.21. The molecule has 0 radical (unpaired) electrons. The summed E-state index contributed by atoms with van der Waals surface area (Å²) in [5.41, 5.74) is 0.182. The monoisotopic (exact) mass is 400 g/mol. The van der Waals surface area contributed by atoms with Gasteiger partial charge >= 0.3 is 0 Å². The van der Waals surface area contributed by atoms with Crippen LogP contribution < -0.4 is 0 Å². The zero-order valence-electron chi connectivity index (χ0n) is 13.7. The molecule has 8 heteroatoms. The van der Waals surface area contributed by atoms with Crippen LogP contribution in [0.15, 0.2) is 80.3 Å². The van der Waals surface area contributed by atoms with E-state index in [0.29, 0.717) is 0 Å². The Kier molecular flexibility index (Phi) is 3.79. The Morgan fingerprint density at radius 3 is 1.37 bits per heavy atom. The lowest BCUT2D eigenvalue weighted by atomic mass is 10.1. The first-order valence-corrected chi connectivity index (χ1v) is 10.9. The highest BCUT2D eigenvalue weighted by molar-refractivity contribution is 7.97. The molecule has 2 aliphatic heterocycles. The molecular formula is C19H12O6S2. The van der Waals surface area contributed by atoms with Crippen LogP contribution in [0.5, 0.6) is 0 Å². The van der Waals surface area contributed by atoms with E-state index in [1.165, 1.54) is 36.4 Å². The summed E-state index contributed by atoms with van der Waals surface area (Å²) in [6.07, 6.45) is 2.12. The Bertz CT molecular complexity index is 1190. The lowest BCUT2D eigenvalue weighted by Gasteiger charge is -1.97. The normalized spacial score (nSPS) is 22.2. The number of hydrogen-bond donors (Lipinski definition) is 0. The first-order valence-electron chi connectivity index (χ1n) is 7.94. The van der Waals surface area contributed by atoms with Crippen LogP contribution in [0, 0.1) is 0 Å². The third-order valence-electron chi connectivity index (χ3n) is 4.48. The first-order chi connectivity index (χ1) is 12.8. The molecule has 0 spiro atoms. The maximum Gasteiger partial charge on any atom is 0.210 e. The molecule has 0 bridgehead atoms. The van der Waals surface area contributed by atoms with Gasteiger partial charge in [-0.2, -0.15) is 0 Å². The molecule has 2 aliphatic rings. The van der Waals surface area contributed by atoms with Gasteiger partial charge in [-0.25, -0.2) is 16.8 Å². The summed E-state index contributed by atoms with van der Waals surface area (Å²) in [7, 11) is -7.88. The minimum Gasteiger partial charge on any atom is -0.288 e. The predicted molar refractivity (Wildman–Crippen MR) is 96.7 cm³/mol. The van der Waals surface area contributed by atoms with Gasteiger partial charge in [0.15, 0.2) is 0 Å². The summed E-state index contributed by atoms with van der Waals surface area (Å²) in [6.45, 7) is 0. The fourth-order valence-corrected chi connectivity index (χ4v) is 6.43. The number of carbonyl (C=O) groups is 2. The highest BCUT2D eigenvalue weighted by atomic mass is 32.2. The van der Waals surface area contributed by atoms with Gasteiger partial charge in [0.2, 0.25) is 31.2 Å². The van der Waals surface area contributed by atoms with Crippen LogP contribution in [0.3, 0.4) is 0 Å². The average Bonchev–Trinajstić information content (AvgIpc) is 2.96. The molecule has 0 N–H and O–H groups in total. The van der Waals surface area contributed by atoms with E-state index in [2.05, 4.69) is 0 Å². The van der Waals surface area contributed by atoms with E-state index in [-0.39, 0.29) is 27.3 Å². The van der Waals surface area contributed by atoms with Crippen molar-refractivity contribution in [2.45, 2.75) is 16.2 Å². The Labute approximate surface area is 155 Å². The molecule has 2 heterocycles. The molecule has 0 saturated carbocycles. The molecule has 0 amide bonds. The van der Waals surface area contributed by atoms with Gasteiger partial charge in [0.05, 0.1) is 9.79 Å². The maximum atomic E-state index is 12.5. The minimum absolute atomic E-state index is 0.0640. The maximum absolute atomic E-state index is 12.5. The Balaban J connectivity index is 1.72. The van der Waals surface area contributed by atoms with Gasteiger partial charge in [-0.1, -0.05) is 36.4 Å². The van der Waals surface area contributed by atoms with Crippen molar-refractivity contribution in [1.82, 2.24) is 0 Å². The molecule has 27 heavy (non-hydrogen) atoms. The summed E-state index contributed by atoms with van der Waals surface area (Å²) in [4.78, 5) is 23.8. The van der Waals surface area contributed by atoms with Crippen LogP contribution in [0.1, 0.15) is 27.1 Å². The molecule has 2 aromatic rings. The molecule has 0 fully saturated rings. The van der Waals surface area contributed by atoms with Crippen molar-refractivity contribution in [3.05, 3.63) is 81.6 Å². The second-order valence-electron chi connectivity index (χ2n) is 6.03. The quantitative estimate of drug-likeness (QED) is 0.718. The number of Topliss-reactive ketones (excluding diaryl/α,β-unsaturated/α-hetero) is 2. The molecule has 0 aromatic heterocycles. The van der Waals surface area contributed by atoms with Gasteiger partial charge in [0.25, 0.3) is 0 Å². The molecule has 2 aromatic carbocycles. The number of benzene rings is 2. The van der Waals surface area contributed by atoms with Gasteiger partial charge in [-0.3, -0.25) is 9.59 Å². The van der Waals surface area contributed by atoms with E-state index in [4.69, 9.17) is 0 Å². The molecule has 0 saturated heterocycles. The van der Waals surface area contributed by atoms with Crippen LogP contribution in [-0.2, 0) is 19.7 Å². The van der Waals surface area contributed by atoms with Crippen LogP contribution in [0.25, 0.3) is 0 Å². The van der Waals surface area contributed by atoms with Gasteiger partial charge in [0.1, 0.15) is 9.81 Å². The van der Waals surface area contributed by atoms with Crippen molar-refractivity contribution in [2.24, 2.45) is 0 Å². The van der Waals surface area contributed by atoms with Gasteiger partial charge in [-0.05, 0) is 30.7 Å². The number of rotatable bonds is 2. The number of hydrogen-bond acceptors (Lipinski definition) is 6. The number of allylic oxidation sites excluding steroid dienone is 4. The topological polar surface area (TPSA) is 102 Å². The zero-order chi connectivity index (χ0) is 19.4. The van der Waals surface area contributed by atoms with Crippen LogP contribution in [-0.4, -0.2) is 28.4 Å². The Hall–Kier alpha value is -2.84. The van der Waals surface area contributed by atoms with E-state index in [0.717, 1.165) is 12.2 Å². The lowest BCUT2D eigenvalue weighted by molar-refractivity contribution is 0.103. The Morgan fingerprint density at radius 1 is 0.630 bits per heavy atom. The van der Waals surface area contributed by atoms with Gasteiger partial charge in [0, 0.05) is 11.1 Å². The fraction of sp³-hybridized carbons (Fsp3) is 0.0526. The highest BCUT2D eigenvalue weighted by Crippen LogP contribution is 2.36. The summed E-state index contributed by atoms with van der Waals surface area (Å²) < 4.78 is 50.0. The van der Waals surface area contributed by atoms with Crippen molar-refractivity contribution in [2.75, 3.05) is 0 Å². The van der Waals surface area contributed by atoms with Crippen molar-refractivity contribution in [3.8, 4) is 0 Å². The van der Waals surface area contributed by atoms with Crippen molar-refractivity contribution < 1.29 is 26.4 Å². The van der Waals surface area contributed by atoms with Crippen molar-refractivity contribution in [3.63, 3.8) is 0 Å². The van der Waals surface area contributed by atoms with E-state index in [1.807, 2.05) is 0 Å². The van der Waals surface area contributed by atoms with Crippen molar-refractivity contribution in [1.29, 1.82) is 0 Å². The van der Waals surface area contributed by atoms with Gasteiger partial charge in [-0.15, -0.1) is 0 Å². The molecule has 4 rings (SSSR count). The molecule has 0 atom stereocenters. The molecule has 0 unspecified atom stereocenters. The number of sulfone groups is 2. The number of fused-ring (bicyclic) bond motifs is 2. The van der Waals surface area contributed by atoms with Crippen molar-refractivity contribution >= 4 is 31.2 Å².